The van der Waals surface area contributed by atoms with E-state index in [0.717, 1.165) is 5.82 Å². The van der Waals surface area contributed by atoms with Crippen LogP contribution in [0.1, 0.15) is 12.3 Å². The Kier molecular flexibility index (Phi) is 10.2. The summed E-state index contributed by atoms with van der Waals surface area (Å²) in [7, 11) is -2.20. The van der Waals surface area contributed by atoms with Gasteiger partial charge in [-0.2, -0.15) is 18.2 Å². The second-order valence-corrected chi connectivity index (χ2v) is 10.3. The van der Waals surface area contributed by atoms with Crippen LogP contribution in [0.4, 0.5) is 19.0 Å². The highest BCUT2D eigenvalue weighted by Gasteiger charge is 2.38. The third kappa shape index (κ3) is 8.62. The first kappa shape index (κ1) is 31.3. The number of ether oxygens (including phenoxy) is 1. The number of rotatable bonds is 8. The van der Waals surface area contributed by atoms with E-state index in [1.165, 1.54) is 12.1 Å². The Balaban J connectivity index is 0.000000587. The van der Waals surface area contributed by atoms with Crippen molar-refractivity contribution in [2.45, 2.75) is 24.4 Å². The highest BCUT2D eigenvalue weighted by atomic mass is 32.2. The number of benzene rings is 1. The predicted molar refractivity (Wildman–Crippen MR) is 138 cm³/mol. The number of alkyl halides is 3. The van der Waals surface area contributed by atoms with Crippen LogP contribution in [0.5, 0.6) is 5.75 Å². The lowest BCUT2D eigenvalue weighted by atomic mass is 10.2. The van der Waals surface area contributed by atoms with E-state index < -0.39 is 22.2 Å². The number of hydrogen-bond donors (Lipinski definition) is 2. The number of sulfonamides is 1. The second kappa shape index (κ2) is 13.4. The summed E-state index contributed by atoms with van der Waals surface area (Å²) in [5.74, 6) is -0.718. The summed E-state index contributed by atoms with van der Waals surface area (Å²) >= 11 is 0. The van der Waals surface area contributed by atoms with Gasteiger partial charge in [-0.3, -0.25) is 4.79 Å². The van der Waals surface area contributed by atoms with Gasteiger partial charge < -0.3 is 24.2 Å². The SMILES string of the molecule is COc1cccnc1N1CCN(C(=O)CCNS(=O)(=O)c2cccc(-c3noc(C)n3)c2)CC1.O=C(O)C(F)(F)F. The number of halogens is 3. The van der Waals surface area contributed by atoms with Crippen LogP contribution in [0.25, 0.3) is 11.4 Å². The van der Waals surface area contributed by atoms with Gasteiger partial charge in [-0.1, -0.05) is 17.3 Å². The van der Waals surface area contributed by atoms with Gasteiger partial charge in [0.1, 0.15) is 0 Å². The molecular weight excluding hydrogens is 573 g/mol. The summed E-state index contributed by atoms with van der Waals surface area (Å²) in [5.41, 5.74) is 0.526. The Morgan fingerprint density at radius 3 is 2.41 bits per heavy atom. The quantitative estimate of drug-likeness (QED) is 0.388. The fraction of sp³-hybridized carbons (Fsp3) is 0.375. The molecule has 1 aliphatic rings. The smallest absolute Gasteiger partial charge is 0.490 e. The van der Waals surface area contributed by atoms with Crippen LogP contribution in [0.15, 0.2) is 52.0 Å². The molecule has 0 bridgehead atoms. The Bertz CT molecular complexity index is 1460. The first-order valence-corrected chi connectivity index (χ1v) is 13.5. The van der Waals surface area contributed by atoms with Gasteiger partial charge in [-0.25, -0.2) is 22.9 Å². The number of amides is 1. The second-order valence-electron chi connectivity index (χ2n) is 8.51. The largest absolute Gasteiger partial charge is 0.493 e. The normalized spacial score (nSPS) is 13.8. The summed E-state index contributed by atoms with van der Waals surface area (Å²) in [6.07, 6.45) is -3.31. The topological polar surface area (TPSA) is 168 Å². The van der Waals surface area contributed by atoms with Gasteiger partial charge in [0.15, 0.2) is 11.6 Å². The molecule has 0 saturated carbocycles. The fourth-order valence-electron chi connectivity index (χ4n) is 3.70. The molecule has 2 aromatic heterocycles. The first-order chi connectivity index (χ1) is 19.3. The molecule has 0 unspecified atom stereocenters. The van der Waals surface area contributed by atoms with Crippen molar-refractivity contribution in [1.29, 1.82) is 0 Å². The van der Waals surface area contributed by atoms with Gasteiger partial charge in [0, 0.05) is 57.8 Å². The molecule has 13 nitrogen and oxygen atoms in total. The monoisotopic (exact) mass is 600 g/mol. The summed E-state index contributed by atoms with van der Waals surface area (Å²) in [6.45, 7) is 3.95. The van der Waals surface area contributed by atoms with E-state index in [1.54, 1.807) is 37.3 Å². The number of carbonyl (C=O) groups excluding carboxylic acids is 1. The predicted octanol–water partition coefficient (Wildman–Crippen LogP) is 2.10. The number of hydrogen-bond acceptors (Lipinski definition) is 10. The van der Waals surface area contributed by atoms with Crippen LogP contribution in [-0.4, -0.2) is 91.4 Å². The molecule has 1 aliphatic heterocycles. The number of methoxy groups -OCH3 is 1. The highest BCUT2D eigenvalue weighted by molar-refractivity contribution is 7.89. The molecule has 1 saturated heterocycles. The lowest BCUT2D eigenvalue weighted by molar-refractivity contribution is -0.192. The number of carboxylic acid groups (broad SMARTS) is 1. The van der Waals surface area contributed by atoms with Crippen molar-refractivity contribution in [2.24, 2.45) is 0 Å². The summed E-state index contributed by atoms with van der Waals surface area (Å²) in [5, 5.41) is 10.9. The third-order valence-corrected chi connectivity index (χ3v) is 7.16. The van der Waals surface area contributed by atoms with Crippen LogP contribution in [0.2, 0.25) is 0 Å². The van der Waals surface area contributed by atoms with Crippen LogP contribution in [0.3, 0.4) is 0 Å². The average Bonchev–Trinajstić information content (AvgIpc) is 3.39. The van der Waals surface area contributed by atoms with E-state index in [-0.39, 0.29) is 23.8 Å². The van der Waals surface area contributed by atoms with Crippen LogP contribution in [-0.2, 0) is 19.6 Å². The number of aryl methyl sites for hydroxylation is 1. The minimum atomic E-state index is -5.08. The molecule has 0 aliphatic carbocycles. The maximum atomic E-state index is 12.7. The number of nitrogens with zero attached hydrogens (tertiary/aromatic N) is 5. The van der Waals surface area contributed by atoms with Gasteiger partial charge >= 0.3 is 12.1 Å². The third-order valence-electron chi connectivity index (χ3n) is 5.71. The first-order valence-electron chi connectivity index (χ1n) is 12.0. The number of aromatic nitrogens is 3. The Morgan fingerprint density at radius 2 is 1.83 bits per heavy atom. The van der Waals surface area contributed by atoms with Gasteiger partial charge in [0.25, 0.3) is 0 Å². The molecule has 2 N–H and O–H groups in total. The average molecular weight is 601 g/mol. The van der Waals surface area contributed by atoms with Gasteiger partial charge in [-0.15, -0.1) is 0 Å². The lowest BCUT2D eigenvalue weighted by Crippen LogP contribution is -2.49. The maximum Gasteiger partial charge on any atom is 0.490 e. The Hall–Kier alpha value is -4.25. The summed E-state index contributed by atoms with van der Waals surface area (Å²) < 4.78 is 70.0. The standard InChI is InChI=1S/C22H26N6O5S.C2HF3O2/c1-16-25-21(26-33-16)17-5-3-6-18(15-17)34(30,31)24-10-8-20(29)27-11-13-28(14-12-27)22-19(32-2)7-4-9-23-22;3-2(4,5)1(6)7/h3-7,9,15,24H,8,10-14H2,1-2H3;(H,6,7). The molecule has 0 spiro atoms. The zero-order chi connectivity index (χ0) is 30.2. The molecular formula is C24H27F3N6O7S. The van der Waals surface area contributed by atoms with E-state index >= 15 is 0 Å². The van der Waals surface area contributed by atoms with Crippen molar-refractivity contribution in [3.63, 3.8) is 0 Å². The lowest BCUT2D eigenvalue weighted by Gasteiger charge is -2.35. The van der Waals surface area contributed by atoms with Crippen molar-refractivity contribution in [1.82, 2.24) is 24.7 Å². The van der Waals surface area contributed by atoms with E-state index in [9.17, 15) is 26.4 Å². The molecule has 0 radical (unpaired) electrons. The molecule has 1 amide bonds. The van der Waals surface area contributed by atoms with Gasteiger partial charge in [0.2, 0.25) is 27.6 Å². The number of anilines is 1. The molecule has 3 aromatic rings. The number of carboxylic acids is 1. The molecule has 17 heteroatoms. The zero-order valence-electron chi connectivity index (χ0n) is 22.0. The Morgan fingerprint density at radius 1 is 1.15 bits per heavy atom. The van der Waals surface area contributed by atoms with Crippen molar-refractivity contribution in [2.75, 3.05) is 44.7 Å². The maximum absolute atomic E-state index is 12.7. The highest BCUT2D eigenvalue weighted by Crippen LogP contribution is 2.26. The van der Waals surface area contributed by atoms with Gasteiger partial charge in [-0.05, 0) is 24.3 Å². The molecule has 0 atom stereocenters. The summed E-state index contributed by atoms with van der Waals surface area (Å²) in [6, 6.07) is 9.92. The van der Waals surface area contributed by atoms with E-state index in [0.29, 0.717) is 49.2 Å². The van der Waals surface area contributed by atoms with E-state index in [4.69, 9.17) is 19.2 Å². The number of nitrogens with one attached hydrogen (secondary N) is 1. The number of pyridine rings is 1. The van der Waals surface area contributed by atoms with Crippen LogP contribution >= 0.6 is 0 Å². The molecule has 222 valence electrons. The minimum Gasteiger partial charge on any atom is -0.493 e. The minimum absolute atomic E-state index is 0.000983. The molecule has 4 rings (SSSR count). The number of carbonyl (C=O) groups is 2. The van der Waals surface area contributed by atoms with Crippen molar-refractivity contribution in [3.8, 4) is 17.1 Å². The van der Waals surface area contributed by atoms with E-state index in [2.05, 4.69) is 24.7 Å². The Labute approximate surface area is 233 Å². The molecule has 1 fully saturated rings. The molecule has 41 heavy (non-hydrogen) atoms. The van der Waals surface area contributed by atoms with Crippen LogP contribution < -0.4 is 14.4 Å². The molecule has 3 heterocycles. The number of aliphatic carboxylic acids is 1. The number of piperazine rings is 1. The van der Waals surface area contributed by atoms with E-state index in [1.807, 2.05) is 12.1 Å². The van der Waals surface area contributed by atoms with Crippen molar-refractivity contribution < 1.29 is 45.5 Å². The van der Waals surface area contributed by atoms with Gasteiger partial charge in [0.05, 0.1) is 12.0 Å². The van der Waals surface area contributed by atoms with Crippen molar-refractivity contribution >= 4 is 27.7 Å². The molecule has 1 aromatic carbocycles. The summed E-state index contributed by atoms with van der Waals surface area (Å²) in [4.78, 5) is 33.9. The van der Waals surface area contributed by atoms with Crippen LogP contribution in [0, 0.1) is 6.92 Å². The fourth-order valence-corrected chi connectivity index (χ4v) is 4.78. The zero-order valence-corrected chi connectivity index (χ0v) is 22.8. The van der Waals surface area contributed by atoms with Crippen molar-refractivity contribution in [3.05, 3.63) is 48.5 Å².